The maximum atomic E-state index is 5.12. The van der Waals surface area contributed by atoms with Gasteiger partial charge in [-0.05, 0) is 26.1 Å². The smallest absolute Gasteiger partial charge is 0.195 e. The second kappa shape index (κ2) is 4.24. The Labute approximate surface area is 97.0 Å². The SMILES string of the molecule is Cc1csc(CCn2c(C)n[nH]c2=S)n1. The van der Waals surface area contributed by atoms with E-state index in [9.17, 15) is 0 Å². The van der Waals surface area contributed by atoms with Crippen LogP contribution >= 0.6 is 23.6 Å². The highest BCUT2D eigenvalue weighted by molar-refractivity contribution is 7.71. The molecule has 0 atom stereocenters. The van der Waals surface area contributed by atoms with Crippen LogP contribution in [0, 0.1) is 18.6 Å². The Morgan fingerprint density at radius 1 is 1.53 bits per heavy atom. The summed E-state index contributed by atoms with van der Waals surface area (Å²) in [4.78, 5) is 4.41. The number of aromatic amines is 1. The van der Waals surface area contributed by atoms with Gasteiger partial charge in [0.05, 0.1) is 5.01 Å². The summed E-state index contributed by atoms with van der Waals surface area (Å²) in [6.45, 7) is 4.79. The maximum absolute atomic E-state index is 5.12. The van der Waals surface area contributed by atoms with Crippen LogP contribution in [-0.4, -0.2) is 19.7 Å². The van der Waals surface area contributed by atoms with Gasteiger partial charge < -0.3 is 4.57 Å². The molecule has 0 aliphatic carbocycles. The molecule has 0 aliphatic rings. The van der Waals surface area contributed by atoms with Crippen LogP contribution in [0.1, 0.15) is 16.5 Å². The Balaban J connectivity index is 2.08. The first-order valence-corrected chi connectivity index (χ1v) is 5.98. The van der Waals surface area contributed by atoms with Crippen molar-refractivity contribution in [1.82, 2.24) is 19.7 Å². The predicted molar refractivity (Wildman–Crippen MR) is 62.7 cm³/mol. The van der Waals surface area contributed by atoms with E-state index in [1.54, 1.807) is 11.3 Å². The molecule has 6 heteroatoms. The van der Waals surface area contributed by atoms with Gasteiger partial charge in [-0.25, -0.2) is 4.98 Å². The molecule has 4 nitrogen and oxygen atoms in total. The van der Waals surface area contributed by atoms with E-state index in [0.717, 1.165) is 29.5 Å². The Kier molecular flexibility index (Phi) is 2.97. The molecule has 2 rings (SSSR count). The summed E-state index contributed by atoms with van der Waals surface area (Å²) in [7, 11) is 0. The summed E-state index contributed by atoms with van der Waals surface area (Å²) in [5.74, 6) is 0.924. The average Bonchev–Trinajstić information content (AvgIpc) is 2.73. The predicted octanol–water partition coefficient (Wildman–Crippen LogP) is 2.26. The normalized spacial score (nSPS) is 10.8. The highest BCUT2D eigenvalue weighted by Gasteiger charge is 2.03. The first kappa shape index (κ1) is 10.5. The van der Waals surface area contributed by atoms with Crippen molar-refractivity contribution in [3.8, 4) is 0 Å². The molecular weight excluding hydrogens is 228 g/mol. The zero-order valence-corrected chi connectivity index (χ0v) is 10.3. The minimum Gasteiger partial charge on any atom is -0.304 e. The van der Waals surface area contributed by atoms with Gasteiger partial charge >= 0.3 is 0 Å². The Hall–Kier alpha value is -1.01. The molecule has 1 N–H and O–H groups in total. The Bertz CT molecular complexity index is 508. The highest BCUT2D eigenvalue weighted by Crippen LogP contribution is 2.10. The van der Waals surface area contributed by atoms with Crippen LogP contribution < -0.4 is 0 Å². The van der Waals surface area contributed by atoms with Crippen LogP contribution in [0.5, 0.6) is 0 Å². The van der Waals surface area contributed by atoms with E-state index >= 15 is 0 Å². The van der Waals surface area contributed by atoms with Crippen molar-refractivity contribution in [2.45, 2.75) is 26.8 Å². The summed E-state index contributed by atoms with van der Waals surface area (Å²) >= 11 is 6.82. The van der Waals surface area contributed by atoms with Gasteiger partial charge in [-0.3, -0.25) is 5.10 Å². The molecule has 0 aliphatic heterocycles. The molecule has 2 heterocycles. The summed E-state index contributed by atoms with van der Waals surface area (Å²) in [6.07, 6.45) is 0.910. The fraction of sp³-hybridized carbons (Fsp3) is 0.444. The van der Waals surface area contributed by atoms with Crippen LogP contribution in [0.3, 0.4) is 0 Å². The van der Waals surface area contributed by atoms with E-state index in [1.165, 1.54) is 0 Å². The minimum atomic E-state index is 0.681. The van der Waals surface area contributed by atoms with Gasteiger partial charge in [0, 0.05) is 24.0 Å². The maximum Gasteiger partial charge on any atom is 0.195 e. The lowest BCUT2D eigenvalue weighted by Crippen LogP contribution is -2.03. The third-order valence-electron chi connectivity index (χ3n) is 2.16. The van der Waals surface area contributed by atoms with Crippen molar-refractivity contribution in [1.29, 1.82) is 0 Å². The van der Waals surface area contributed by atoms with Crippen LogP contribution in [0.25, 0.3) is 0 Å². The van der Waals surface area contributed by atoms with E-state index in [2.05, 4.69) is 20.6 Å². The lowest BCUT2D eigenvalue weighted by molar-refractivity contribution is 0.662. The van der Waals surface area contributed by atoms with Crippen molar-refractivity contribution in [2.75, 3.05) is 0 Å². The van der Waals surface area contributed by atoms with Gasteiger partial charge in [-0.1, -0.05) is 0 Å². The number of nitrogens with one attached hydrogen (secondary N) is 1. The number of hydrogen-bond acceptors (Lipinski definition) is 4. The van der Waals surface area contributed by atoms with E-state index in [1.807, 2.05) is 18.4 Å². The van der Waals surface area contributed by atoms with Crippen LogP contribution in [0.2, 0.25) is 0 Å². The first-order valence-electron chi connectivity index (χ1n) is 4.69. The molecule has 0 bridgehead atoms. The van der Waals surface area contributed by atoms with Gasteiger partial charge in [0.15, 0.2) is 4.77 Å². The molecule has 0 radical (unpaired) electrons. The lowest BCUT2D eigenvalue weighted by Gasteiger charge is -2.00. The lowest BCUT2D eigenvalue weighted by atomic mass is 10.4. The topological polar surface area (TPSA) is 46.5 Å². The monoisotopic (exact) mass is 240 g/mol. The highest BCUT2D eigenvalue weighted by atomic mass is 32.1. The van der Waals surface area contributed by atoms with Crippen molar-refractivity contribution in [2.24, 2.45) is 0 Å². The van der Waals surface area contributed by atoms with Gasteiger partial charge in [-0.2, -0.15) is 5.10 Å². The largest absolute Gasteiger partial charge is 0.304 e. The van der Waals surface area contributed by atoms with Crippen molar-refractivity contribution in [3.05, 3.63) is 26.7 Å². The standard InChI is InChI=1S/C9H12N4S2/c1-6-5-15-8(10-6)3-4-13-7(2)11-12-9(13)14/h5H,3-4H2,1-2H3,(H,12,14). The van der Waals surface area contributed by atoms with Crippen LogP contribution in [0.4, 0.5) is 0 Å². The van der Waals surface area contributed by atoms with E-state index in [-0.39, 0.29) is 0 Å². The van der Waals surface area contributed by atoms with Gasteiger partial charge in [-0.15, -0.1) is 11.3 Å². The van der Waals surface area contributed by atoms with Crippen LogP contribution in [-0.2, 0) is 13.0 Å². The fourth-order valence-corrected chi connectivity index (χ4v) is 2.42. The summed E-state index contributed by atoms with van der Waals surface area (Å²) in [5, 5.41) is 10.1. The number of aromatic nitrogens is 4. The number of H-pyrrole nitrogens is 1. The Morgan fingerprint density at radius 3 is 2.87 bits per heavy atom. The molecule has 0 aromatic carbocycles. The molecule has 0 saturated heterocycles. The quantitative estimate of drug-likeness (QED) is 0.837. The molecule has 0 unspecified atom stereocenters. The van der Waals surface area contributed by atoms with Crippen molar-refractivity contribution in [3.63, 3.8) is 0 Å². The summed E-state index contributed by atoms with van der Waals surface area (Å²) in [6, 6.07) is 0. The third kappa shape index (κ3) is 2.32. The first-order chi connectivity index (χ1) is 7.16. The average molecular weight is 240 g/mol. The number of hydrogen-bond donors (Lipinski definition) is 1. The minimum absolute atomic E-state index is 0.681. The second-order valence-electron chi connectivity index (χ2n) is 3.36. The molecule has 2 aromatic rings. The molecular formula is C9H12N4S2. The zero-order valence-electron chi connectivity index (χ0n) is 8.65. The van der Waals surface area contributed by atoms with Gasteiger partial charge in [0.2, 0.25) is 0 Å². The summed E-state index contributed by atoms with van der Waals surface area (Å²) in [5.41, 5.74) is 1.09. The zero-order chi connectivity index (χ0) is 10.8. The Morgan fingerprint density at radius 2 is 2.33 bits per heavy atom. The molecule has 0 spiro atoms. The molecule has 2 aromatic heterocycles. The van der Waals surface area contributed by atoms with Crippen molar-refractivity contribution < 1.29 is 0 Å². The molecule has 0 fully saturated rings. The van der Waals surface area contributed by atoms with Crippen LogP contribution in [0.15, 0.2) is 5.38 Å². The van der Waals surface area contributed by atoms with Gasteiger partial charge in [0.25, 0.3) is 0 Å². The second-order valence-corrected chi connectivity index (χ2v) is 4.69. The molecule has 80 valence electrons. The number of thiazole rings is 1. The molecule has 15 heavy (non-hydrogen) atoms. The number of rotatable bonds is 3. The summed E-state index contributed by atoms with van der Waals surface area (Å²) < 4.78 is 2.67. The van der Waals surface area contributed by atoms with Gasteiger partial charge in [0.1, 0.15) is 5.82 Å². The van der Waals surface area contributed by atoms with E-state index < -0.39 is 0 Å². The van der Waals surface area contributed by atoms with E-state index in [0.29, 0.717) is 4.77 Å². The fourth-order valence-electron chi connectivity index (χ4n) is 1.38. The van der Waals surface area contributed by atoms with E-state index in [4.69, 9.17) is 12.2 Å². The molecule has 0 saturated carbocycles. The third-order valence-corrected chi connectivity index (χ3v) is 3.50. The number of aryl methyl sites for hydroxylation is 3. The van der Waals surface area contributed by atoms with Crippen molar-refractivity contribution >= 4 is 23.6 Å². The molecule has 0 amide bonds. The number of nitrogens with zero attached hydrogens (tertiary/aromatic N) is 3.